The van der Waals surface area contributed by atoms with Gasteiger partial charge in [0.25, 0.3) is 0 Å². The van der Waals surface area contributed by atoms with Crippen LogP contribution in [0.5, 0.6) is 0 Å². The third-order valence-corrected chi connectivity index (χ3v) is 2.69. The SMILES string of the molecule is CCCc1nccn1Cc1cc(CNC)co1. The zero-order valence-electron chi connectivity index (χ0n) is 10.4. The van der Waals surface area contributed by atoms with Crippen LogP contribution in [0.3, 0.4) is 0 Å². The summed E-state index contributed by atoms with van der Waals surface area (Å²) in [5.74, 6) is 2.10. The van der Waals surface area contributed by atoms with Crippen molar-refractivity contribution >= 4 is 0 Å². The molecule has 0 unspecified atom stereocenters. The number of hydrogen-bond acceptors (Lipinski definition) is 3. The normalized spacial score (nSPS) is 10.9. The molecule has 4 nitrogen and oxygen atoms in total. The summed E-state index contributed by atoms with van der Waals surface area (Å²) in [5.41, 5.74) is 1.18. The van der Waals surface area contributed by atoms with E-state index in [1.807, 2.05) is 25.7 Å². The quantitative estimate of drug-likeness (QED) is 0.831. The third-order valence-electron chi connectivity index (χ3n) is 2.69. The Hall–Kier alpha value is -1.55. The molecule has 2 aromatic rings. The number of hydrogen-bond donors (Lipinski definition) is 1. The molecule has 0 spiro atoms. The molecule has 0 saturated heterocycles. The smallest absolute Gasteiger partial charge is 0.123 e. The molecule has 0 saturated carbocycles. The molecule has 0 aliphatic heterocycles. The van der Waals surface area contributed by atoms with Crippen LogP contribution in [0.25, 0.3) is 0 Å². The molecule has 4 heteroatoms. The topological polar surface area (TPSA) is 43.0 Å². The van der Waals surface area contributed by atoms with E-state index < -0.39 is 0 Å². The maximum atomic E-state index is 5.54. The molecule has 0 amide bonds. The Balaban J connectivity index is 2.05. The Labute approximate surface area is 102 Å². The second-order valence-corrected chi connectivity index (χ2v) is 4.17. The summed E-state index contributed by atoms with van der Waals surface area (Å²) >= 11 is 0. The predicted molar refractivity (Wildman–Crippen MR) is 66.8 cm³/mol. The molecule has 2 rings (SSSR count). The van der Waals surface area contributed by atoms with E-state index in [0.29, 0.717) is 0 Å². The number of nitrogens with one attached hydrogen (secondary N) is 1. The molecule has 2 aromatic heterocycles. The van der Waals surface area contributed by atoms with Gasteiger partial charge < -0.3 is 14.3 Å². The highest BCUT2D eigenvalue weighted by atomic mass is 16.3. The molecular formula is C13H19N3O. The van der Waals surface area contributed by atoms with Crippen LogP contribution in [0.1, 0.15) is 30.5 Å². The molecule has 17 heavy (non-hydrogen) atoms. The molecule has 0 atom stereocenters. The van der Waals surface area contributed by atoms with Gasteiger partial charge >= 0.3 is 0 Å². The molecule has 0 aromatic carbocycles. The van der Waals surface area contributed by atoms with Crippen molar-refractivity contribution in [3.63, 3.8) is 0 Å². The number of nitrogens with zero attached hydrogens (tertiary/aromatic N) is 2. The van der Waals surface area contributed by atoms with Gasteiger partial charge in [-0.25, -0.2) is 4.98 Å². The van der Waals surface area contributed by atoms with Crippen LogP contribution >= 0.6 is 0 Å². The summed E-state index contributed by atoms with van der Waals surface area (Å²) < 4.78 is 7.68. The first-order valence-corrected chi connectivity index (χ1v) is 6.04. The highest BCUT2D eigenvalue weighted by molar-refractivity contribution is 5.13. The average molecular weight is 233 g/mol. The second kappa shape index (κ2) is 5.68. The molecule has 0 radical (unpaired) electrons. The number of imidazole rings is 1. The molecule has 1 N–H and O–H groups in total. The van der Waals surface area contributed by atoms with Crippen LogP contribution in [0, 0.1) is 0 Å². The summed E-state index contributed by atoms with van der Waals surface area (Å²) in [5, 5.41) is 3.11. The zero-order chi connectivity index (χ0) is 12.1. The van der Waals surface area contributed by atoms with Crippen molar-refractivity contribution in [2.75, 3.05) is 7.05 Å². The first-order chi connectivity index (χ1) is 8.33. The van der Waals surface area contributed by atoms with Crippen LogP contribution < -0.4 is 5.32 Å². The molecule has 0 bridgehead atoms. The van der Waals surface area contributed by atoms with Gasteiger partial charge in [0.05, 0.1) is 12.8 Å². The van der Waals surface area contributed by atoms with E-state index in [1.54, 1.807) is 0 Å². The fraction of sp³-hybridized carbons (Fsp3) is 0.462. The van der Waals surface area contributed by atoms with Crippen molar-refractivity contribution in [2.45, 2.75) is 32.9 Å². The van der Waals surface area contributed by atoms with Crippen molar-refractivity contribution < 1.29 is 4.42 Å². The van der Waals surface area contributed by atoms with E-state index in [-0.39, 0.29) is 0 Å². The minimum absolute atomic E-state index is 0.763. The van der Waals surface area contributed by atoms with Crippen LogP contribution in [0.4, 0.5) is 0 Å². The Morgan fingerprint density at radius 1 is 1.47 bits per heavy atom. The van der Waals surface area contributed by atoms with Crippen LogP contribution in [-0.4, -0.2) is 16.6 Å². The average Bonchev–Trinajstić information content (AvgIpc) is 2.91. The first-order valence-electron chi connectivity index (χ1n) is 6.04. The summed E-state index contributed by atoms with van der Waals surface area (Å²) in [6.45, 7) is 3.77. The Kier molecular flexibility index (Phi) is 3.98. The molecule has 0 fully saturated rings. The van der Waals surface area contributed by atoms with Gasteiger partial charge in [0.1, 0.15) is 11.6 Å². The number of aryl methyl sites for hydroxylation is 1. The zero-order valence-corrected chi connectivity index (χ0v) is 10.4. The monoisotopic (exact) mass is 233 g/mol. The molecular weight excluding hydrogens is 214 g/mol. The maximum absolute atomic E-state index is 5.54. The highest BCUT2D eigenvalue weighted by Crippen LogP contribution is 2.11. The maximum Gasteiger partial charge on any atom is 0.123 e. The number of rotatable bonds is 6. The predicted octanol–water partition coefficient (Wildman–Crippen LogP) is 2.20. The Morgan fingerprint density at radius 3 is 3.12 bits per heavy atom. The van der Waals surface area contributed by atoms with Crippen molar-refractivity contribution in [3.05, 3.63) is 41.9 Å². The summed E-state index contributed by atoms with van der Waals surface area (Å²) in [4.78, 5) is 4.35. The van der Waals surface area contributed by atoms with E-state index in [1.165, 1.54) is 5.56 Å². The van der Waals surface area contributed by atoms with Gasteiger partial charge in [-0.05, 0) is 19.5 Å². The van der Waals surface area contributed by atoms with Crippen molar-refractivity contribution in [1.82, 2.24) is 14.9 Å². The Morgan fingerprint density at radius 2 is 2.35 bits per heavy atom. The van der Waals surface area contributed by atoms with Crippen LogP contribution in [0.2, 0.25) is 0 Å². The molecule has 0 aliphatic carbocycles. The highest BCUT2D eigenvalue weighted by Gasteiger charge is 2.06. The van der Waals surface area contributed by atoms with Gasteiger partial charge in [-0.2, -0.15) is 0 Å². The molecule has 2 heterocycles. The number of aromatic nitrogens is 2. The standard InChI is InChI=1S/C13H19N3O/c1-3-4-13-15-5-6-16(13)9-12-7-11(8-14-2)10-17-12/h5-7,10,14H,3-4,8-9H2,1-2H3. The second-order valence-electron chi connectivity index (χ2n) is 4.17. The van der Waals surface area contributed by atoms with E-state index in [0.717, 1.165) is 37.5 Å². The summed E-state index contributed by atoms with van der Waals surface area (Å²) in [7, 11) is 1.93. The minimum Gasteiger partial charge on any atom is -0.467 e. The van der Waals surface area contributed by atoms with Gasteiger partial charge in [0.15, 0.2) is 0 Å². The molecule has 0 aliphatic rings. The van der Waals surface area contributed by atoms with E-state index in [2.05, 4.69) is 27.9 Å². The summed E-state index contributed by atoms with van der Waals surface area (Å²) in [6.07, 6.45) is 7.78. The van der Waals surface area contributed by atoms with Gasteiger partial charge in [0.2, 0.25) is 0 Å². The lowest BCUT2D eigenvalue weighted by atomic mass is 10.3. The summed E-state index contributed by atoms with van der Waals surface area (Å²) in [6, 6.07) is 2.09. The van der Waals surface area contributed by atoms with E-state index in [4.69, 9.17) is 4.42 Å². The first kappa shape index (κ1) is 11.9. The van der Waals surface area contributed by atoms with E-state index >= 15 is 0 Å². The lowest BCUT2D eigenvalue weighted by Crippen LogP contribution is -2.04. The number of furan rings is 1. The fourth-order valence-corrected chi connectivity index (χ4v) is 1.91. The lowest BCUT2D eigenvalue weighted by Gasteiger charge is -2.04. The Bertz CT molecular complexity index is 459. The van der Waals surface area contributed by atoms with E-state index in [9.17, 15) is 0 Å². The van der Waals surface area contributed by atoms with Gasteiger partial charge in [-0.3, -0.25) is 0 Å². The van der Waals surface area contributed by atoms with Gasteiger partial charge in [0, 0.05) is 30.9 Å². The van der Waals surface area contributed by atoms with Crippen molar-refractivity contribution in [1.29, 1.82) is 0 Å². The third kappa shape index (κ3) is 2.97. The van der Waals surface area contributed by atoms with Crippen LogP contribution in [0.15, 0.2) is 29.1 Å². The van der Waals surface area contributed by atoms with Crippen molar-refractivity contribution in [3.8, 4) is 0 Å². The van der Waals surface area contributed by atoms with Gasteiger partial charge in [-0.15, -0.1) is 0 Å². The molecule has 92 valence electrons. The minimum atomic E-state index is 0.763. The largest absolute Gasteiger partial charge is 0.467 e. The lowest BCUT2D eigenvalue weighted by molar-refractivity contribution is 0.486. The van der Waals surface area contributed by atoms with Crippen molar-refractivity contribution in [2.24, 2.45) is 0 Å². The van der Waals surface area contributed by atoms with Crippen LogP contribution in [-0.2, 0) is 19.5 Å². The van der Waals surface area contributed by atoms with Gasteiger partial charge in [-0.1, -0.05) is 6.92 Å². The fourth-order valence-electron chi connectivity index (χ4n) is 1.91.